The zero-order valence-electron chi connectivity index (χ0n) is 17.2. The van der Waals surface area contributed by atoms with Crippen LogP contribution in [0.15, 0.2) is 84.0 Å². The third-order valence-electron chi connectivity index (χ3n) is 4.57. The number of rotatable bonds is 7. The van der Waals surface area contributed by atoms with Crippen molar-refractivity contribution >= 4 is 12.2 Å². The maximum Gasteiger partial charge on any atom is 0.263 e. The van der Waals surface area contributed by atoms with Gasteiger partial charge >= 0.3 is 0 Å². The van der Waals surface area contributed by atoms with Crippen molar-refractivity contribution in [2.75, 3.05) is 19.6 Å². The van der Waals surface area contributed by atoms with Gasteiger partial charge in [-0.05, 0) is 23.8 Å². The van der Waals surface area contributed by atoms with E-state index in [-0.39, 0.29) is 0 Å². The molecule has 0 fully saturated rings. The Kier molecular flexibility index (Phi) is 6.13. The zero-order chi connectivity index (χ0) is 21.5. The van der Waals surface area contributed by atoms with E-state index in [0.29, 0.717) is 23.1 Å². The summed E-state index contributed by atoms with van der Waals surface area (Å²) in [5, 5.41) is 12.9. The van der Waals surface area contributed by atoms with Gasteiger partial charge in [0.05, 0.1) is 20.4 Å². The van der Waals surface area contributed by atoms with Gasteiger partial charge in [0.1, 0.15) is 11.4 Å². The Bertz CT molecular complexity index is 1180. The lowest BCUT2D eigenvalue weighted by Gasteiger charge is -2.09. The molecule has 1 heterocycles. The summed E-state index contributed by atoms with van der Waals surface area (Å²) in [4.78, 5) is 4.67. The molecule has 3 aromatic carbocycles. The quantitative estimate of drug-likeness (QED) is 0.352. The molecular formula is C24H21N5O2. The van der Waals surface area contributed by atoms with E-state index in [2.05, 4.69) is 25.7 Å². The molecule has 7 nitrogen and oxygen atoms in total. The second-order valence-corrected chi connectivity index (χ2v) is 6.55. The smallest absolute Gasteiger partial charge is 0.263 e. The van der Waals surface area contributed by atoms with E-state index in [1.807, 2.05) is 78.9 Å². The second-order valence-electron chi connectivity index (χ2n) is 6.55. The van der Waals surface area contributed by atoms with E-state index in [4.69, 9.17) is 9.47 Å². The first kappa shape index (κ1) is 20.0. The number of ether oxygens (including phenoxy) is 2. The van der Waals surface area contributed by atoms with Gasteiger partial charge in [0.15, 0.2) is 11.5 Å². The third kappa shape index (κ3) is 4.67. The summed E-state index contributed by atoms with van der Waals surface area (Å²) in [7, 11) is 3.19. The molecule has 0 spiro atoms. The van der Waals surface area contributed by atoms with Crippen molar-refractivity contribution in [2.45, 2.75) is 0 Å². The molecule has 1 aromatic heterocycles. The van der Waals surface area contributed by atoms with Gasteiger partial charge in [-0.3, -0.25) is 0 Å². The van der Waals surface area contributed by atoms with Crippen molar-refractivity contribution in [3.63, 3.8) is 0 Å². The normalized spacial score (nSPS) is 10.8. The fourth-order valence-corrected chi connectivity index (χ4v) is 3.06. The average molecular weight is 411 g/mol. The van der Waals surface area contributed by atoms with Crippen LogP contribution in [0, 0.1) is 0 Å². The van der Waals surface area contributed by atoms with E-state index in [1.54, 1.807) is 20.4 Å². The van der Waals surface area contributed by atoms with Gasteiger partial charge < -0.3 is 9.47 Å². The molecular weight excluding hydrogens is 390 g/mol. The molecule has 0 aliphatic heterocycles. The molecule has 154 valence electrons. The summed E-state index contributed by atoms with van der Waals surface area (Å²) < 4.78 is 10.6. The van der Waals surface area contributed by atoms with Crippen LogP contribution in [0.25, 0.3) is 22.5 Å². The van der Waals surface area contributed by atoms with Crippen molar-refractivity contribution in [2.24, 2.45) is 5.10 Å². The van der Waals surface area contributed by atoms with E-state index in [9.17, 15) is 0 Å². The Balaban J connectivity index is 1.62. The van der Waals surface area contributed by atoms with Gasteiger partial charge in [-0.1, -0.05) is 60.7 Å². The van der Waals surface area contributed by atoms with Crippen LogP contribution in [0.4, 0.5) is 5.95 Å². The number of hydrazone groups is 1. The lowest BCUT2D eigenvalue weighted by molar-refractivity contribution is 0.355. The van der Waals surface area contributed by atoms with Crippen molar-refractivity contribution in [1.82, 2.24) is 15.2 Å². The summed E-state index contributed by atoms with van der Waals surface area (Å²) >= 11 is 0. The monoisotopic (exact) mass is 411 g/mol. The molecule has 0 amide bonds. The molecule has 0 atom stereocenters. The van der Waals surface area contributed by atoms with E-state index < -0.39 is 0 Å². The zero-order valence-corrected chi connectivity index (χ0v) is 17.2. The van der Waals surface area contributed by atoms with E-state index in [1.165, 1.54) is 0 Å². The molecule has 0 saturated heterocycles. The topological polar surface area (TPSA) is 81.5 Å². The molecule has 1 N–H and O–H groups in total. The fraction of sp³-hybridized carbons (Fsp3) is 0.0833. The minimum Gasteiger partial charge on any atom is -0.493 e. The Morgan fingerprint density at radius 3 is 2.03 bits per heavy atom. The average Bonchev–Trinajstić information content (AvgIpc) is 2.85. The predicted molar refractivity (Wildman–Crippen MR) is 121 cm³/mol. The first-order valence-electron chi connectivity index (χ1n) is 9.65. The molecule has 4 aromatic rings. The van der Waals surface area contributed by atoms with Gasteiger partial charge in [0.2, 0.25) is 0 Å². The fourth-order valence-electron chi connectivity index (χ4n) is 3.06. The summed E-state index contributed by atoms with van der Waals surface area (Å²) in [6, 6.07) is 25.3. The van der Waals surface area contributed by atoms with Crippen LogP contribution >= 0.6 is 0 Å². The highest BCUT2D eigenvalue weighted by Crippen LogP contribution is 2.29. The van der Waals surface area contributed by atoms with Crippen molar-refractivity contribution < 1.29 is 9.47 Å². The lowest BCUT2D eigenvalue weighted by Crippen LogP contribution is -2.03. The number of benzene rings is 3. The van der Waals surface area contributed by atoms with Crippen molar-refractivity contribution in [3.8, 4) is 34.0 Å². The second kappa shape index (κ2) is 9.49. The van der Waals surface area contributed by atoms with E-state index in [0.717, 1.165) is 22.4 Å². The Labute approximate surface area is 180 Å². The molecule has 4 rings (SSSR count). The number of hydrogen-bond donors (Lipinski definition) is 1. The highest BCUT2D eigenvalue weighted by atomic mass is 16.5. The standard InChI is InChI=1S/C24H21N5O2/c1-30-20-14-13-17(15-21(20)31-2)16-25-28-24-26-22(18-9-5-3-6-10-18)23(27-29-24)19-11-7-4-8-12-19/h3-16H,1-2H3,(H,26,28,29)/b25-16-. The molecule has 0 radical (unpaired) electrons. The summed E-state index contributed by atoms with van der Waals surface area (Å²) in [6.45, 7) is 0. The van der Waals surface area contributed by atoms with Crippen LogP contribution in [0.3, 0.4) is 0 Å². The van der Waals surface area contributed by atoms with Gasteiger partial charge in [-0.2, -0.15) is 5.10 Å². The third-order valence-corrected chi connectivity index (χ3v) is 4.57. The number of hydrogen-bond acceptors (Lipinski definition) is 7. The molecule has 0 aliphatic carbocycles. The van der Waals surface area contributed by atoms with Crippen molar-refractivity contribution in [3.05, 3.63) is 84.4 Å². The number of aromatic nitrogens is 3. The molecule has 31 heavy (non-hydrogen) atoms. The van der Waals surface area contributed by atoms with Gasteiger partial charge in [0.25, 0.3) is 5.95 Å². The highest BCUT2D eigenvalue weighted by Gasteiger charge is 2.13. The minimum atomic E-state index is 0.301. The van der Waals surface area contributed by atoms with Gasteiger partial charge in [0, 0.05) is 11.1 Å². The Hall–Kier alpha value is -4.26. The number of methoxy groups -OCH3 is 2. The summed E-state index contributed by atoms with van der Waals surface area (Å²) in [5.74, 6) is 1.59. The largest absolute Gasteiger partial charge is 0.493 e. The van der Waals surface area contributed by atoms with Gasteiger partial charge in [-0.15, -0.1) is 10.2 Å². The minimum absolute atomic E-state index is 0.301. The van der Waals surface area contributed by atoms with Crippen LogP contribution in [0.2, 0.25) is 0 Å². The summed E-state index contributed by atoms with van der Waals surface area (Å²) in [5.41, 5.74) is 7.03. The van der Waals surface area contributed by atoms with Gasteiger partial charge in [-0.25, -0.2) is 10.4 Å². The Morgan fingerprint density at radius 2 is 1.39 bits per heavy atom. The maximum absolute atomic E-state index is 5.32. The highest BCUT2D eigenvalue weighted by molar-refractivity contribution is 5.81. The van der Waals surface area contributed by atoms with Crippen LogP contribution < -0.4 is 14.9 Å². The SMILES string of the molecule is COc1ccc(/C=N\Nc2nnc(-c3ccccc3)c(-c3ccccc3)n2)cc1OC. The predicted octanol–water partition coefficient (Wildman–Crippen LogP) is 4.67. The molecule has 0 saturated carbocycles. The lowest BCUT2D eigenvalue weighted by atomic mass is 10.0. The van der Waals surface area contributed by atoms with Crippen LogP contribution in [0.1, 0.15) is 5.56 Å². The summed E-state index contributed by atoms with van der Waals surface area (Å²) in [6.07, 6.45) is 1.65. The van der Waals surface area contributed by atoms with Crippen LogP contribution in [-0.2, 0) is 0 Å². The molecule has 0 bridgehead atoms. The number of nitrogens with zero attached hydrogens (tertiary/aromatic N) is 4. The van der Waals surface area contributed by atoms with Crippen molar-refractivity contribution in [1.29, 1.82) is 0 Å². The molecule has 7 heteroatoms. The van der Waals surface area contributed by atoms with Crippen LogP contribution in [0.5, 0.6) is 11.5 Å². The number of anilines is 1. The molecule has 0 aliphatic rings. The Morgan fingerprint density at radius 1 is 0.742 bits per heavy atom. The maximum atomic E-state index is 5.32. The van der Waals surface area contributed by atoms with E-state index >= 15 is 0 Å². The number of nitrogens with one attached hydrogen (secondary N) is 1. The van der Waals surface area contributed by atoms with Crippen LogP contribution in [-0.4, -0.2) is 35.6 Å². The first-order valence-corrected chi connectivity index (χ1v) is 9.65. The first-order chi connectivity index (χ1) is 15.3. The molecule has 0 unspecified atom stereocenters.